The summed E-state index contributed by atoms with van der Waals surface area (Å²) in [6.07, 6.45) is 3.32. The van der Waals surface area contributed by atoms with Gasteiger partial charge in [-0.1, -0.05) is 41.3 Å². The summed E-state index contributed by atoms with van der Waals surface area (Å²) in [6.45, 7) is 2.52. The number of nitrogens with zero attached hydrogens (tertiary/aromatic N) is 2. The fourth-order valence-electron chi connectivity index (χ4n) is 4.84. The van der Waals surface area contributed by atoms with E-state index in [1.807, 2.05) is 6.92 Å². The molecule has 2 aliphatic rings. The van der Waals surface area contributed by atoms with Crippen molar-refractivity contribution in [2.45, 2.75) is 51.2 Å². The smallest absolute Gasteiger partial charge is 0.232 e. The molecule has 1 aromatic heterocycles. The van der Waals surface area contributed by atoms with Gasteiger partial charge in [0.05, 0.1) is 34.2 Å². The van der Waals surface area contributed by atoms with Crippen LogP contribution in [0.15, 0.2) is 40.9 Å². The standard InChI is InChI=1S/C27H25Cl2FN2O4/c1-2-18-23(10-11-32(27(18)34)17-9-8-16(13-33)22(30)12-17)35-14-19-25(31-36-26(19)15-6-7-15)24-20(28)4-3-5-21(24)29/h3-5,8-9,12-13,15,18,23H,2,6-7,10-11,14H2,1H3. The lowest BCUT2D eigenvalue weighted by molar-refractivity contribution is -0.131. The van der Waals surface area contributed by atoms with E-state index in [0.29, 0.717) is 58.6 Å². The van der Waals surface area contributed by atoms with Crippen LogP contribution in [0.1, 0.15) is 60.2 Å². The van der Waals surface area contributed by atoms with E-state index in [1.165, 1.54) is 12.1 Å². The number of anilines is 1. The Labute approximate surface area is 218 Å². The van der Waals surface area contributed by atoms with Crippen molar-refractivity contribution in [3.8, 4) is 11.3 Å². The van der Waals surface area contributed by atoms with Crippen LogP contribution < -0.4 is 4.90 Å². The number of carbonyl (C=O) groups is 2. The fraction of sp³-hybridized carbons (Fsp3) is 0.370. The van der Waals surface area contributed by atoms with Gasteiger partial charge in [-0.25, -0.2) is 4.39 Å². The number of ether oxygens (including phenoxy) is 1. The van der Waals surface area contributed by atoms with Gasteiger partial charge in [0.2, 0.25) is 5.91 Å². The number of hydrogen-bond donors (Lipinski definition) is 0. The van der Waals surface area contributed by atoms with Crippen LogP contribution in [-0.4, -0.2) is 30.0 Å². The van der Waals surface area contributed by atoms with E-state index < -0.39 is 11.7 Å². The van der Waals surface area contributed by atoms with E-state index in [4.69, 9.17) is 32.5 Å². The van der Waals surface area contributed by atoms with Crippen LogP contribution >= 0.6 is 23.2 Å². The van der Waals surface area contributed by atoms with Crippen molar-refractivity contribution in [1.29, 1.82) is 0 Å². The molecule has 2 unspecified atom stereocenters. The molecule has 0 radical (unpaired) electrons. The van der Waals surface area contributed by atoms with Gasteiger partial charge in [0.25, 0.3) is 0 Å². The Hall–Kier alpha value is -2.74. The number of aromatic nitrogens is 1. The van der Waals surface area contributed by atoms with Crippen LogP contribution in [0.25, 0.3) is 11.3 Å². The number of benzene rings is 2. The van der Waals surface area contributed by atoms with Crippen molar-refractivity contribution in [2.24, 2.45) is 5.92 Å². The third-order valence-corrected chi connectivity index (χ3v) is 7.57. The molecule has 188 valence electrons. The third-order valence-electron chi connectivity index (χ3n) is 6.94. The van der Waals surface area contributed by atoms with Crippen LogP contribution in [0.4, 0.5) is 10.1 Å². The van der Waals surface area contributed by atoms with E-state index in [-0.39, 0.29) is 24.2 Å². The molecule has 2 heterocycles. The number of rotatable bonds is 8. The van der Waals surface area contributed by atoms with Crippen molar-refractivity contribution >= 4 is 41.1 Å². The van der Waals surface area contributed by atoms with Crippen molar-refractivity contribution in [2.75, 3.05) is 11.4 Å². The van der Waals surface area contributed by atoms with Crippen molar-refractivity contribution in [1.82, 2.24) is 5.16 Å². The summed E-state index contributed by atoms with van der Waals surface area (Å²) < 4.78 is 26.3. The second-order valence-corrected chi connectivity index (χ2v) is 10.0. The normalized spacial score (nSPS) is 20.1. The molecule has 1 saturated heterocycles. The number of aldehydes is 1. The summed E-state index contributed by atoms with van der Waals surface area (Å²) in [6, 6.07) is 9.50. The molecule has 1 aliphatic carbocycles. The van der Waals surface area contributed by atoms with Gasteiger partial charge in [0, 0.05) is 29.3 Å². The molecule has 3 aromatic rings. The predicted octanol–water partition coefficient (Wildman–Crippen LogP) is 6.83. The summed E-state index contributed by atoms with van der Waals surface area (Å²) in [7, 11) is 0. The zero-order chi connectivity index (χ0) is 25.4. The highest BCUT2D eigenvalue weighted by Crippen LogP contribution is 2.46. The van der Waals surface area contributed by atoms with Gasteiger partial charge in [-0.05, 0) is 56.0 Å². The fourth-order valence-corrected chi connectivity index (χ4v) is 5.41. The summed E-state index contributed by atoms with van der Waals surface area (Å²) in [5, 5.41) is 5.25. The van der Waals surface area contributed by atoms with Gasteiger partial charge < -0.3 is 14.2 Å². The van der Waals surface area contributed by atoms with E-state index in [2.05, 4.69) is 5.16 Å². The van der Waals surface area contributed by atoms with Crippen molar-refractivity contribution in [3.05, 3.63) is 69.1 Å². The van der Waals surface area contributed by atoms with Crippen molar-refractivity contribution < 1.29 is 23.2 Å². The van der Waals surface area contributed by atoms with Crippen LogP contribution in [0.2, 0.25) is 10.0 Å². The first-order valence-electron chi connectivity index (χ1n) is 12.0. The summed E-state index contributed by atoms with van der Waals surface area (Å²) in [5.41, 5.74) is 2.38. The summed E-state index contributed by atoms with van der Waals surface area (Å²) >= 11 is 12.9. The molecule has 0 bridgehead atoms. The topological polar surface area (TPSA) is 72.6 Å². The Morgan fingerprint density at radius 1 is 1.19 bits per heavy atom. The van der Waals surface area contributed by atoms with Gasteiger partial charge in [-0.2, -0.15) is 0 Å². The minimum Gasteiger partial charge on any atom is -0.372 e. The maximum Gasteiger partial charge on any atom is 0.232 e. The minimum atomic E-state index is -0.646. The largest absolute Gasteiger partial charge is 0.372 e. The Balaban J connectivity index is 1.37. The van der Waals surface area contributed by atoms with Crippen LogP contribution in [0, 0.1) is 11.7 Å². The summed E-state index contributed by atoms with van der Waals surface area (Å²) in [4.78, 5) is 25.9. The summed E-state index contributed by atoms with van der Waals surface area (Å²) in [5.74, 6) is -0.102. The lowest BCUT2D eigenvalue weighted by atomic mass is 9.90. The number of piperidine rings is 1. The number of amides is 1. The van der Waals surface area contributed by atoms with Crippen LogP contribution in [0.5, 0.6) is 0 Å². The first-order valence-corrected chi connectivity index (χ1v) is 12.8. The Bertz CT molecular complexity index is 1290. The molecular formula is C27H25Cl2FN2O4. The molecule has 1 saturated carbocycles. The van der Waals surface area contributed by atoms with Gasteiger partial charge in [0.15, 0.2) is 6.29 Å². The molecule has 1 amide bonds. The molecule has 2 fully saturated rings. The predicted molar refractivity (Wildman–Crippen MR) is 135 cm³/mol. The maximum atomic E-state index is 14.2. The lowest BCUT2D eigenvalue weighted by Crippen LogP contribution is -2.48. The minimum absolute atomic E-state index is 0.0360. The van der Waals surface area contributed by atoms with E-state index >= 15 is 0 Å². The van der Waals surface area contributed by atoms with E-state index in [0.717, 1.165) is 24.2 Å². The SMILES string of the molecule is CCC1C(=O)N(c2ccc(C=O)c(F)c2)CCC1OCc1c(-c2c(Cl)cccc2Cl)noc1C1CC1. The highest BCUT2D eigenvalue weighted by atomic mass is 35.5. The highest BCUT2D eigenvalue weighted by Gasteiger charge is 2.38. The molecule has 9 heteroatoms. The monoisotopic (exact) mass is 530 g/mol. The lowest BCUT2D eigenvalue weighted by Gasteiger charge is -2.37. The average Bonchev–Trinajstić information content (AvgIpc) is 3.63. The van der Waals surface area contributed by atoms with E-state index in [1.54, 1.807) is 29.2 Å². The van der Waals surface area contributed by atoms with E-state index in [9.17, 15) is 14.0 Å². The quantitative estimate of drug-likeness (QED) is 0.298. The first-order chi connectivity index (χ1) is 17.4. The molecule has 5 rings (SSSR count). The molecule has 36 heavy (non-hydrogen) atoms. The third kappa shape index (κ3) is 4.67. The zero-order valence-electron chi connectivity index (χ0n) is 19.7. The Morgan fingerprint density at radius 2 is 1.94 bits per heavy atom. The molecule has 0 N–H and O–H groups in total. The maximum absolute atomic E-state index is 14.2. The number of hydrogen-bond acceptors (Lipinski definition) is 5. The molecular weight excluding hydrogens is 506 g/mol. The van der Waals surface area contributed by atoms with Gasteiger partial charge in [-0.15, -0.1) is 0 Å². The molecule has 2 aromatic carbocycles. The van der Waals surface area contributed by atoms with Crippen LogP contribution in [0.3, 0.4) is 0 Å². The molecule has 6 nitrogen and oxygen atoms in total. The first kappa shape index (κ1) is 24.9. The molecule has 0 spiro atoms. The van der Waals surface area contributed by atoms with Crippen LogP contribution in [-0.2, 0) is 16.1 Å². The second-order valence-electron chi connectivity index (χ2n) is 9.21. The second kappa shape index (κ2) is 10.3. The molecule has 1 aliphatic heterocycles. The Morgan fingerprint density at radius 3 is 2.58 bits per heavy atom. The molecule has 2 atom stereocenters. The van der Waals surface area contributed by atoms with Crippen molar-refractivity contribution in [3.63, 3.8) is 0 Å². The highest BCUT2D eigenvalue weighted by molar-refractivity contribution is 6.39. The zero-order valence-corrected chi connectivity index (χ0v) is 21.2. The number of carbonyl (C=O) groups excluding carboxylic acids is 2. The van der Waals surface area contributed by atoms with Gasteiger partial charge in [-0.3, -0.25) is 9.59 Å². The van der Waals surface area contributed by atoms with Gasteiger partial charge >= 0.3 is 0 Å². The average molecular weight is 531 g/mol. The number of halogens is 3. The van der Waals surface area contributed by atoms with Gasteiger partial charge in [0.1, 0.15) is 17.3 Å². The Kier molecular flexibility index (Phi) is 7.15.